The van der Waals surface area contributed by atoms with Crippen LogP contribution in [0.5, 0.6) is 11.5 Å². The number of rotatable bonds is 9. The van der Waals surface area contributed by atoms with Gasteiger partial charge in [-0.1, -0.05) is 12.1 Å². The Morgan fingerprint density at radius 1 is 0.875 bits per heavy atom. The van der Waals surface area contributed by atoms with Crippen LogP contribution < -0.4 is 20.1 Å². The molecule has 3 rings (SSSR count). The zero-order valence-electron chi connectivity index (χ0n) is 17.2. The molecule has 0 atom stereocenters. The lowest BCUT2D eigenvalue weighted by Crippen LogP contribution is -2.20. The summed E-state index contributed by atoms with van der Waals surface area (Å²) in [5.41, 5.74) is 1.28. The van der Waals surface area contributed by atoms with E-state index in [2.05, 4.69) is 10.6 Å². The highest BCUT2D eigenvalue weighted by Gasteiger charge is 2.15. The second-order valence-electron chi connectivity index (χ2n) is 6.55. The summed E-state index contributed by atoms with van der Waals surface area (Å²) in [7, 11) is 0. The maximum absolute atomic E-state index is 12.4. The third-order valence-corrected chi connectivity index (χ3v) is 4.27. The number of hydrogen-bond acceptors (Lipinski definition) is 6. The normalized spacial score (nSPS) is 10.2. The van der Waals surface area contributed by atoms with E-state index in [9.17, 15) is 19.7 Å². The first-order chi connectivity index (χ1) is 15.5. The molecule has 0 fully saturated rings. The van der Waals surface area contributed by atoms with Crippen LogP contribution in [0.4, 0.5) is 17.1 Å². The van der Waals surface area contributed by atoms with Gasteiger partial charge in [0.2, 0.25) is 0 Å². The molecule has 2 N–H and O–H groups in total. The van der Waals surface area contributed by atoms with Gasteiger partial charge in [-0.3, -0.25) is 19.7 Å². The number of nitrogens with zero attached hydrogens (tertiary/aromatic N) is 1. The van der Waals surface area contributed by atoms with Crippen molar-refractivity contribution in [2.75, 3.05) is 23.8 Å². The van der Waals surface area contributed by atoms with Crippen LogP contribution in [0.1, 0.15) is 17.3 Å². The van der Waals surface area contributed by atoms with E-state index in [-0.39, 0.29) is 17.3 Å². The Balaban J connectivity index is 1.53. The van der Waals surface area contributed by atoms with E-state index in [1.165, 1.54) is 18.2 Å². The SMILES string of the molecule is CCOc1ccc(NC(=O)c2ccc(NC(=O)COc3ccccc3[N+](=O)[O-])cc2)cc1. The van der Waals surface area contributed by atoms with Gasteiger partial charge >= 0.3 is 5.69 Å². The van der Waals surface area contributed by atoms with Crippen molar-refractivity contribution in [2.24, 2.45) is 0 Å². The highest BCUT2D eigenvalue weighted by Crippen LogP contribution is 2.25. The molecule has 164 valence electrons. The Hall–Kier alpha value is -4.40. The van der Waals surface area contributed by atoms with Gasteiger partial charge in [-0.15, -0.1) is 0 Å². The van der Waals surface area contributed by atoms with Crippen LogP contribution in [-0.2, 0) is 4.79 Å². The highest BCUT2D eigenvalue weighted by atomic mass is 16.6. The fraction of sp³-hybridized carbons (Fsp3) is 0.130. The van der Waals surface area contributed by atoms with E-state index in [1.54, 1.807) is 54.6 Å². The summed E-state index contributed by atoms with van der Waals surface area (Å²) in [5, 5.41) is 16.4. The molecule has 3 aromatic rings. The van der Waals surface area contributed by atoms with E-state index in [0.717, 1.165) is 5.75 Å². The molecule has 0 heterocycles. The molecule has 0 aromatic heterocycles. The van der Waals surface area contributed by atoms with Crippen molar-refractivity contribution < 1.29 is 24.0 Å². The number of carbonyl (C=O) groups excluding carboxylic acids is 2. The number of anilines is 2. The summed E-state index contributed by atoms with van der Waals surface area (Å²) in [6.07, 6.45) is 0. The minimum absolute atomic E-state index is 0.00829. The van der Waals surface area contributed by atoms with Gasteiger partial charge in [0, 0.05) is 23.0 Å². The first-order valence-corrected chi connectivity index (χ1v) is 9.76. The van der Waals surface area contributed by atoms with E-state index in [4.69, 9.17) is 9.47 Å². The Morgan fingerprint density at radius 3 is 2.16 bits per heavy atom. The number of amides is 2. The molecule has 0 aliphatic rings. The molecule has 0 aliphatic heterocycles. The zero-order valence-corrected chi connectivity index (χ0v) is 17.2. The third kappa shape index (κ3) is 6.05. The van der Waals surface area contributed by atoms with Crippen LogP contribution in [0, 0.1) is 10.1 Å². The van der Waals surface area contributed by atoms with Crippen molar-refractivity contribution >= 4 is 28.9 Å². The summed E-state index contributed by atoms with van der Waals surface area (Å²) in [4.78, 5) is 34.9. The van der Waals surface area contributed by atoms with E-state index >= 15 is 0 Å². The van der Waals surface area contributed by atoms with E-state index in [1.807, 2.05) is 6.92 Å². The van der Waals surface area contributed by atoms with E-state index < -0.39 is 17.4 Å². The molecule has 3 aromatic carbocycles. The van der Waals surface area contributed by atoms with Crippen molar-refractivity contribution in [3.8, 4) is 11.5 Å². The summed E-state index contributed by atoms with van der Waals surface area (Å²) < 4.78 is 10.6. The van der Waals surface area contributed by atoms with Crippen molar-refractivity contribution in [1.82, 2.24) is 0 Å². The van der Waals surface area contributed by atoms with Gasteiger partial charge < -0.3 is 20.1 Å². The molecule has 9 heteroatoms. The van der Waals surface area contributed by atoms with Crippen molar-refractivity contribution in [2.45, 2.75) is 6.92 Å². The molecule has 9 nitrogen and oxygen atoms in total. The Morgan fingerprint density at radius 2 is 1.50 bits per heavy atom. The van der Waals surface area contributed by atoms with Gasteiger partial charge in [0.05, 0.1) is 11.5 Å². The molecule has 32 heavy (non-hydrogen) atoms. The molecule has 0 unspecified atom stereocenters. The van der Waals surface area contributed by atoms with Crippen LogP contribution in [0.25, 0.3) is 0 Å². The standard InChI is InChI=1S/C23H21N3O6/c1-2-31-19-13-11-18(12-14-19)25-23(28)16-7-9-17(10-8-16)24-22(27)15-32-21-6-4-3-5-20(21)26(29)30/h3-14H,2,15H2,1H3,(H,24,27)(H,25,28). The van der Waals surface area contributed by atoms with Crippen LogP contribution in [0.3, 0.4) is 0 Å². The minimum Gasteiger partial charge on any atom is -0.494 e. The first kappa shape index (κ1) is 22.3. The van der Waals surface area contributed by atoms with Gasteiger partial charge in [-0.25, -0.2) is 0 Å². The average Bonchev–Trinajstić information content (AvgIpc) is 2.80. The smallest absolute Gasteiger partial charge is 0.310 e. The number of nitro benzene ring substituents is 1. The summed E-state index contributed by atoms with van der Waals surface area (Å²) >= 11 is 0. The zero-order chi connectivity index (χ0) is 22.9. The van der Waals surface area contributed by atoms with Gasteiger partial charge in [-0.05, 0) is 61.5 Å². The van der Waals surface area contributed by atoms with Gasteiger partial charge in [0.25, 0.3) is 11.8 Å². The fourth-order valence-electron chi connectivity index (χ4n) is 2.78. The van der Waals surface area contributed by atoms with Crippen LogP contribution in [0.15, 0.2) is 72.8 Å². The van der Waals surface area contributed by atoms with Crippen LogP contribution in [0.2, 0.25) is 0 Å². The monoisotopic (exact) mass is 435 g/mol. The number of ether oxygens (including phenoxy) is 2. The summed E-state index contributed by atoms with van der Waals surface area (Å²) in [6.45, 7) is 2.06. The van der Waals surface area contributed by atoms with Crippen molar-refractivity contribution in [3.63, 3.8) is 0 Å². The molecule has 2 amide bonds. The minimum atomic E-state index is -0.579. The molecule has 0 radical (unpaired) electrons. The molecule has 0 spiro atoms. The predicted molar refractivity (Wildman–Crippen MR) is 119 cm³/mol. The number of carbonyl (C=O) groups is 2. The number of hydrogen-bond donors (Lipinski definition) is 2. The Labute approximate surface area is 184 Å². The maximum Gasteiger partial charge on any atom is 0.310 e. The Bertz CT molecular complexity index is 1100. The topological polar surface area (TPSA) is 120 Å². The molecule has 0 saturated carbocycles. The van der Waals surface area contributed by atoms with Crippen molar-refractivity contribution in [3.05, 3.63) is 88.5 Å². The highest BCUT2D eigenvalue weighted by molar-refractivity contribution is 6.04. The molecule has 0 aliphatic carbocycles. The lowest BCUT2D eigenvalue weighted by Gasteiger charge is -2.09. The summed E-state index contributed by atoms with van der Waals surface area (Å²) in [5.74, 6) is -0.0631. The number of benzene rings is 3. The maximum atomic E-state index is 12.4. The van der Waals surface area contributed by atoms with Gasteiger partial charge in [-0.2, -0.15) is 0 Å². The first-order valence-electron chi connectivity index (χ1n) is 9.76. The molecule has 0 saturated heterocycles. The summed E-state index contributed by atoms with van der Waals surface area (Å²) in [6, 6.07) is 19.1. The second kappa shape index (κ2) is 10.6. The predicted octanol–water partition coefficient (Wildman–Crippen LogP) is 4.26. The fourth-order valence-corrected chi connectivity index (χ4v) is 2.78. The number of nitro groups is 1. The number of nitrogens with one attached hydrogen (secondary N) is 2. The van der Waals surface area contributed by atoms with Gasteiger partial charge in [0.15, 0.2) is 12.4 Å². The molecular weight excluding hydrogens is 414 g/mol. The third-order valence-electron chi connectivity index (χ3n) is 4.27. The lowest BCUT2D eigenvalue weighted by atomic mass is 10.2. The van der Waals surface area contributed by atoms with Crippen LogP contribution >= 0.6 is 0 Å². The molecular formula is C23H21N3O6. The Kier molecular flexibility index (Phi) is 7.37. The lowest BCUT2D eigenvalue weighted by molar-refractivity contribution is -0.385. The van der Waals surface area contributed by atoms with Crippen LogP contribution in [-0.4, -0.2) is 30.0 Å². The largest absolute Gasteiger partial charge is 0.494 e. The average molecular weight is 435 g/mol. The quantitative estimate of drug-likeness (QED) is 0.383. The number of para-hydroxylation sites is 2. The van der Waals surface area contributed by atoms with Gasteiger partial charge in [0.1, 0.15) is 5.75 Å². The second-order valence-corrected chi connectivity index (χ2v) is 6.55. The molecule has 0 bridgehead atoms. The van der Waals surface area contributed by atoms with Crippen molar-refractivity contribution in [1.29, 1.82) is 0 Å². The van der Waals surface area contributed by atoms with E-state index in [0.29, 0.717) is 23.5 Å².